The first-order valence-electron chi connectivity index (χ1n) is 7.31. The molecule has 1 amide bonds. The van der Waals surface area contributed by atoms with Crippen molar-refractivity contribution in [1.29, 1.82) is 0 Å². The van der Waals surface area contributed by atoms with Crippen molar-refractivity contribution in [3.8, 4) is 0 Å². The Morgan fingerprint density at radius 3 is 1.92 bits per heavy atom. The number of hydrogen-bond acceptors (Lipinski definition) is 5. The fraction of sp³-hybridized carbons (Fsp3) is 0. The van der Waals surface area contributed by atoms with Crippen LogP contribution in [-0.4, -0.2) is 32.4 Å². The average Bonchev–Trinajstić information content (AvgIpc) is 2.89. The van der Waals surface area contributed by atoms with E-state index in [1.807, 2.05) is 0 Å². The number of rotatable bonds is 4. The molecular weight excluding hydrogens is 374 g/mol. The maximum atomic E-state index is 12.7. The van der Waals surface area contributed by atoms with E-state index >= 15 is 0 Å². The van der Waals surface area contributed by atoms with Gasteiger partial charge in [0.05, 0.1) is 21.7 Å². The van der Waals surface area contributed by atoms with Crippen molar-refractivity contribution >= 4 is 57.9 Å². The highest BCUT2D eigenvalue weighted by molar-refractivity contribution is 8.27. The lowest BCUT2D eigenvalue weighted by Gasteiger charge is -2.14. The van der Waals surface area contributed by atoms with Crippen LogP contribution in [0, 0.1) is 0 Å². The summed E-state index contributed by atoms with van der Waals surface area (Å²) in [5.41, 5.74) is 1.44. The summed E-state index contributed by atoms with van der Waals surface area (Å²) < 4.78 is 0.339. The fourth-order valence-corrected chi connectivity index (χ4v) is 3.62. The van der Waals surface area contributed by atoms with Crippen molar-refractivity contribution in [3.63, 3.8) is 0 Å². The Morgan fingerprint density at radius 2 is 1.42 bits per heavy atom. The number of benzene rings is 2. The molecule has 1 aliphatic rings. The van der Waals surface area contributed by atoms with E-state index in [0.717, 1.165) is 11.8 Å². The Kier molecular flexibility index (Phi) is 4.88. The monoisotopic (exact) mass is 385 g/mol. The van der Waals surface area contributed by atoms with Crippen LogP contribution in [0.3, 0.4) is 0 Å². The molecule has 0 aliphatic carbocycles. The summed E-state index contributed by atoms with van der Waals surface area (Å²) in [7, 11) is 0. The number of carbonyl (C=O) groups excluding carboxylic acids is 1. The third-order valence-electron chi connectivity index (χ3n) is 3.62. The van der Waals surface area contributed by atoms with Gasteiger partial charge in [0.1, 0.15) is 0 Å². The summed E-state index contributed by atoms with van der Waals surface area (Å²) >= 11 is 6.39. The van der Waals surface area contributed by atoms with Crippen molar-refractivity contribution in [1.82, 2.24) is 0 Å². The molecule has 0 saturated carbocycles. The fourth-order valence-electron chi connectivity index (χ4n) is 2.32. The van der Waals surface area contributed by atoms with E-state index in [2.05, 4.69) is 0 Å². The Labute approximate surface area is 157 Å². The van der Waals surface area contributed by atoms with Crippen LogP contribution in [-0.2, 0) is 4.79 Å². The number of nitrogens with zero attached hydrogens (tertiary/aromatic N) is 1. The van der Waals surface area contributed by atoms with E-state index in [4.69, 9.17) is 22.4 Å². The van der Waals surface area contributed by atoms with Gasteiger partial charge in [0.25, 0.3) is 5.91 Å². The van der Waals surface area contributed by atoms with Crippen molar-refractivity contribution < 1.29 is 24.6 Å². The minimum Gasteiger partial charge on any atom is -0.478 e. The molecular formula is C18H11NO5S2. The number of carboxylic acid groups (broad SMARTS) is 2. The Hall–Kier alpha value is -2.97. The molecule has 2 aromatic carbocycles. The second-order valence-electron chi connectivity index (χ2n) is 5.30. The number of thiocarbonyl (C=S) groups is 1. The molecule has 130 valence electrons. The first-order chi connectivity index (χ1) is 12.4. The number of anilines is 1. The van der Waals surface area contributed by atoms with Gasteiger partial charge in [-0.15, -0.1) is 0 Å². The number of carbonyl (C=O) groups is 3. The SMILES string of the molecule is O=C(O)c1ccc(/C=C2/SC(=S)N(c3ccc(C(=O)O)cc3)C2=O)cc1. The number of thioether (sulfide) groups is 1. The lowest BCUT2D eigenvalue weighted by atomic mass is 10.1. The van der Waals surface area contributed by atoms with E-state index in [9.17, 15) is 14.4 Å². The van der Waals surface area contributed by atoms with Crippen LogP contribution in [0.2, 0.25) is 0 Å². The molecule has 0 atom stereocenters. The minimum absolute atomic E-state index is 0.119. The molecule has 0 radical (unpaired) electrons. The summed E-state index contributed by atoms with van der Waals surface area (Å²) in [5, 5.41) is 17.9. The zero-order valence-electron chi connectivity index (χ0n) is 13.1. The normalized spacial score (nSPS) is 15.5. The molecule has 26 heavy (non-hydrogen) atoms. The van der Waals surface area contributed by atoms with Gasteiger partial charge in [-0.3, -0.25) is 9.69 Å². The van der Waals surface area contributed by atoms with Crippen LogP contribution in [0.1, 0.15) is 26.3 Å². The smallest absolute Gasteiger partial charge is 0.335 e. The highest BCUT2D eigenvalue weighted by atomic mass is 32.2. The average molecular weight is 385 g/mol. The number of aromatic carboxylic acids is 2. The number of carboxylic acids is 2. The highest BCUT2D eigenvalue weighted by Gasteiger charge is 2.33. The molecule has 2 aromatic rings. The van der Waals surface area contributed by atoms with Gasteiger partial charge >= 0.3 is 11.9 Å². The lowest BCUT2D eigenvalue weighted by Crippen LogP contribution is -2.27. The topological polar surface area (TPSA) is 94.9 Å². The van der Waals surface area contributed by atoms with E-state index in [1.165, 1.54) is 41.3 Å². The molecule has 6 nitrogen and oxygen atoms in total. The van der Waals surface area contributed by atoms with Crippen molar-refractivity contribution in [2.75, 3.05) is 4.90 Å². The predicted octanol–water partition coefficient (Wildman–Crippen LogP) is 3.49. The van der Waals surface area contributed by atoms with Gasteiger partial charge < -0.3 is 10.2 Å². The molecule has 1 saturated heterocycles. The van der Waals surface area contributed by atoms with E-state index in [1.54, 1.807) is 18.2 Å². The molecule has 1 heterocycles. The van der Waals surface area contributed by atoms with Gasteiger partial charge in [-0.1, -0.05) is 36.1 Å². The summed E-state index contributed by atoms with van der Waals surface area (Å²) in [5.74, 6) is -2.38. The predicted molar refractivity (Wildman–Crippen MR) is 102 cm³/mol. The summed E-state index contributed by atoms with van der Waals surface area (Å²) in [6.45, 7) is 0. The maximum absolute atomic E-state index is 12.7. The molecule has 1 fully saturated rings. The van der Waals surface area contributed by atoms with Gasteiger partial charge in [-0.05, 0) is 48.0 Å². The van der Waals surface area contributed by atoms with Crippen LogP contribution in [0.15, 0.2) is 53.4 Å². The van der Waals surface area contributed by atoms with Gasteiger partial charge in [0, 0.05) is 0 Å². The minimum atomic E-state index is -1.05. The molecule has 1 aliphatic heterocycles. The standard InChI is InChI=1S/C18H11NO5S2/c20-15-14(9-10-1-3-11(4-2-10)16(21)22)26-18(25)19(15)13-7-5-12(6-8-13)17(23)24/h1-9H,(H,21,22)(H,23,24)/b14-9+. The van der Waals surface area contributed by atoms with Crippen molar-refractivity contribution in [2.24, 2.45) is 0 Å². The molecule has 0 spiro atoms. The van der Waals surface area contributed by atoms with Crippen LogP contribution in [0.5, 0.6) is 0 Å². The first-order valence-corrected chi connectivity index (χ1v) is 8.54. The second kappa shape index (κ2) is 7.11. The molecule has 2 N–H and O–H groups in total. The van der Waals surface area contributed by atoms with E-state index < -0.39 is 11.9 Å². The number of hydrogen-bond donors (Lipinski definition) is 2. The summed E-state index contributed by atoms with van der Waals surface area (Å²) in [6, 6.07) is 12.0. The maximum Gasteiger partial charge on any atom is 0.335 e. The highest BCUT2D eigenvalue weighted by Crippen LogP contribution is 2.36. The van der Waals surface area contributed by atoms with Crippen LogP contribution >= 0.6 is 24.0 Å². The van der Waals surface area contributed by atoms with Crippen LogP contribution < -0.4 is 4.90 Å². The Balaban J connectivity index is 1.86. The zero-order valence-corrected chi connectivity index (χ0v) is 14.7. The van der Waals surface area contributed by atoms with Crippen LogP contribution in [0.25, 0.3) is 6.08 Å². The van der Waals surface area contributed by atoms with Gasteiger partial charge in [-0.25, -0.2) is 9.59 Å². The largest absolute Gasteiger partial charge is 0.478 e. The zero-order chi connectivity index (χ0) is 18.8. The van der Waals surface area contributed by atoms with E-state index in [-0.39, 0.29) is 17.0 Å². The third-order valence-corrected chi connectivity index (χ3v) is 4.92. The Morgan fingerprint density at radius 1 is 0.923 bits per heavy atom. The van der Waals surface area contributed by atoms with Crippen molar-refractivity contribution in [2.45, 2.75) is 0 Å². The van der Waals surface area contributed by atoms with Crippen LogP contribution in [0.4, 0.5) is 5.69 Å². The lowest BCUT2D eigenvalue weighted by molar-refractivity contribution is -0.113. The summed E-state index contributed by atoms with van der Waals surface area (Å²) in [4.78, 5) is 36.2. The molecule has 3 rings (SSSR count). The van der Waals surface area contributed by atoms with Gasteiger partial charge in [0.2, 0.25) is 0 Å². The first kappa shape index (κ1) is 17.8. The van der Waals surface area contributed by atoms with Gasteiger partial charge in [-0.2, -0.15) is 0 Å². The molecule has 0 aromatic heterocycles. The molecule has 0 bridgehead atoms. The third kappa shape index (κ3) is 3.51. The quantitative estimate of drug-likeness (QED) is 0.614. The number of amides is 1. The molecule has 0 unspecified atom stereocenters. The van der Waals surface area contributed by atoms with Gasteiger partial charge in [0.15, 0.2) is 4.32 Å². The molecule has 8 heteroatoms. The summed E-state index contributed by atoms with van der Waals surface area (Å²) in [6.07, 6.45) is 1.64. The van der Waals surface area contributed by atoms with E-state index in [0.29, 0.717) is 20.5 Å². The van der Waals surface area contributed by atoms with Crippen molar-refractivity contribution in [3.05, 3.63) is 70.1 Å². The second-order valence-corrected chi connectivity index (χ2v) is 6.97. The Bertz CT molecular complexity index is 949.